The molecular weight excluding hydrogens is 410 g/mol. The Bertz CT molecular complexity index is 865. The number of nitrogens with zero attached hydrogens (tertiary/aromatic N) is 4. The van der Waals surface area contributed by atoms with Crippen molar-refractivity contribution < 1.29 is 9.53 Å². The summed E-state index contributed by atoms with van der Waals surface area (Å²) in [5, 5.41) is 3.82. The molecular formula is C23H31N5O2S. The lowest BCUT2D eigenvalue weighted by Crippen LogP contribution is -2.41. The van der Waals surface area contributed by atoms with Gasteiger partial charge in [-0.15, -0.1) is 0 Å². The Morgan fingerprint density at radius 2 is 1.84 bits per heavy atom. The van der Waals surface area contributed by atoms with E-state index in [-0.39, 0.29) is 5.91 Å². The molecule has 0 aliphatic carbocycles. The number of anilines is 1. The summed E-state index contributed by atoms with van der Waals surface area (Å²) >= 11 is 1.64. The number of carbonyl (C=O) groups excluding carboxylic acids is 1. The Morgan fingerprint density at radius 1 is 1.10 bits per heavy atom. The highest BCUT2D eigenvalue weighted by Crippen LogP contribution is 2.24. The van der Waals surface area contributed by atoms with Crippen LogP contribution in [0.5, 0.6) is 0 Å². The van der Waals surface area contributed by atoms with Gasteiger partial charge in [0.15, 0.2) is 5.16 Å². The molecule has 4 rings (SSSR count). The van der Waals surface area contributed by atoms with E-state index in [0.717, 1.165) is 73.9 Å². The minimum atomic E-state index is -0.0234. The van der Waals surface area contributed by atoms with Gasteiger partial charge < -0.3 is 15.0 Å². The smallest absolute Gasteiger partial charge is 0.251 e. The highest BCUT2D eigenvalue weighted by atomic mass is 32.2. The molecule has 1 amide bonds. The lowest BCUT2D eigenvalue weighted by Gasteiger charge is -2.26. The van der Waals surface area contributed by atoms with Crippen molar-refractivity contribution in [1.29, 1.82) is 0 Å². The van der Waals surface area contributed by atoms with E-state index in [0.29, 0.717) is 12.1 Å². The third-order valence-electron chi connectivity index (χ3n) is 5.65. The lowest BCUT2D eigenvalue weighted by atomic mass is 10.1. The Hall–Kier alpha value is -2.16. The number of thioether (sulfide) groups is 1. The minimum absolute atomic E-state index is 0.0234. The number of rotatable bonds is 8. The molecule has 166 valence electrons. The summed E-state index contributed by atoms with van der Waals surface area (Å²) in [4.78, 5) is 26.4. The van der Waals surface area contributed by atoms with Crippen LogP contribution in [0.3, 0.4) is 0 Å². The largest absolute Gasteiger partial charge is 0.379 e. The van der Waals surface area contributed by atoms with E-state index in [4.69, 9.17) is 9.72 Å². The van der Waals surface area contributed by atoms with Crippen LogP contribution in [0.25, 0.3) is 0 Å². The second-order valence-corrected chi connectivity index (χ2v) is 8.98. The van der Waals surface area contributed by atoms with Gasteiger partial charge >= 0.3 is 0 Å². The summed E-state index contributed by atoms with van der Waals surface area (Å²) in [5.41, 5.74) is 2.85. The number of ether oxygens (including phenoxy) is 1. The molecule has 31 heavy (non-hydrogen) atoms. The zero-order chi connectivity index (χ0) is 21.5. The summed E-state index contributed by atoms with van der Waals surface area (Å²) < 4.78 is 5.35. The van der Waals surface area contributed by atoms with E-state index >= 15 is 0 Å². The van der Waals surface area contributed by atoms with Gasteiger partial charge in [0.1, 0.15) is 5.82 Å². The summed E-state index contributed by atoms with van der Waals surface area (Å²) in [7, 11) is 0. The number of nitrogens with one attached hydrogen (secondary N) is 1. The average Bonchev–Trinajstić information content (AvgIpc) is 3.33. The first-order valence-electron chi connectivity index (χ1n) is 11.1. The van der Waals surface area contributed by atoms with Crippen LogP contribution in [0.4, 0.5) is 5.82 Å². The third-order valence-corrected chi connectivity index (χ3v) is 6.57. The molecule has 2 saturated heterocycles. The van der Waals surface area contributed by atoms with Gasteiger partial charge in [0.25, 0.3) is 5.91 Å². The molecule has 0 saturated carbocycles. The Kier molecular flexibility index (Phi) is 7.77. The molecule has 2 fully saturated rings. The van der Waals surface area contributed by atoms with Crippen molar-refractivity contribution in [3.05, 3.63) is 47.2 Å². The Balaban J connectivity index is 1.26. The second-order valence-electron chi connectivity index (χ2n) is 8.04. The fourth-order valence-corrected chi connectivity index (χ4v) is 4.71. The van der Waals surface area contributed by atoms with Gasteiger partial charge in [-0.05, 0) is 37.5 Å². The third kappa shape index (κ3) is 6.41. The van der Waals surface area contributed by atoms with Crippen LogP contribution in [0.1, 0.15) is 34.5 Å². The number of carbonyl (C=O) groups is 1. The van der Waals surface area contributed by atoms with Crippen molar-refractivity contribution in [2.24, 2.45) is 0 Å². The van der Waals surface area contributed by atoms with Crippen molar-refractivity contribution in [2.75, 3.05) is 57.4 Å². The molecule has 0 spiro atoms. The van der Waals surface area contributed by atoms with Crippen LogP contribution in [0, 0.1) is 6.92 Å². The normalized spacial score (nSPS) is 17.1. The van der Waals surface area contributed by atoms with Gasteiger partial charge in [0.2, 0.25) is 0 Å². The van der Waals surface area contributed by atoms with E-state index in [1.54, 1.807) is 11.8 Å². The van der Waals surface area contributed by atoms with E-state index in [1.807, 2.05) is 31.2 Å². The van der Waals surface area contributed by atoms with Gasteiger partial charge in [-0.2, -0.15) is 0 Å². The first kappa shape index (κ1) is 22.0. The maximum atomic E-state index is 12.4. The number of aromatic nitrogens is 2. The zero-order valence-electron chi connectivity index (χ0n) is 18.2. The predicted octanol–water partition coefficient (Wildman–Crippen LogP) is 2.74. The summed E-state index contributed by atoms with van der Waals surface area (Å²) in [6.07, 6.45) is 2.47. The number of hydrogen-bond acceptors (Lipinski definition) is 7. The number of aryl methyl sites for hydroxylation is 1. The summed E-state index contributed by atoms with van der Waals surface area (Å²) in [6, 6.07) is 9.89. The highest BCUT2D eigenvalue weighted by molar-refractivity contribution is 7.98. The molecule has 2 aliphatic rings. The minimum Gasteiger partial charge on any atom is -0.379 e. The van der Waals surface area contributed by atoms with Gasteiger partial charge in [0, 0.05) is 62.3 Å². The molecule has 3 heterocycles. The monoisotopic (exact) mass is 441 g/mol. The second kappa shape index (κ2) is 10.9. The van der Waals surface area contributed by atoms with Crippen molar-refractivity contribution in [3.63, 3.8) is 0 Å². The number of morpholine rings is 1. The summed E-state index contributed by atoms with van der Waals surface area (Å²) in [5.74, 6) is 1.79. The molecule has 0 atom stereocenters. The molecule has 0 bridgehead atoms. The molecule has 1 aromatic carbocycles. The first-order valence-corrected chi connectivity index (χ1v) is 12.1. The molecule has 0 radical (unpaired) electrons. The van der Waals surface area contributed by atoms with E-state index in [1.165, 1.54) is 12.8 Å². The van der Waals surface area contributed by atoms with Crippen LogP contribution in [-0.4, -0.2) is 73.3 Å². The van der Waals surface area contributed by atoms with Crippen LogP contribution in [0.2, 0.25) is 0 Å². The maximum Gasteiger partial charge on any atom is 0.251 e. The SMILES string of the molecule is Cc1cc(N2CCCC2)nc(SCc2ccc(C(=O)NCCN3CCOCC3)cc2)n1. The lowest BCUT2D eigenvalue weighted by molar-refractivity contribution is 0.0383. The standard InChI is InChI=1S/C23H31N5O2S/c1-18-16-21(28-9-2-3-10-28)26-23(25-18)31-17-19-4-6-20(7-5-19)22(29)24-8-11-27-12-14-30-15-13-27/h4-7,16H,2-3,8-15,17H2,1H3,(H,24,29). The molecule has 2 aliphatic heterocycles. The Morgan fingerprint density at radius 3 is 2.58 bits per heavy atom. The Labute approximate surface area is 188 Å². The molecule has 8 heteroatoms. The number of amides is 1. The van der Waals surface area contributed by atoms with Crippen molar-refractivity contribution in [1.82, 2.24) is 20.2 Å². The summed E-state index contributed by atoms with van der Waals surface area (Å²) in [6.45, 7) is 9.13. The predicted molar refractivity (Wildman–Crippen MR) is 124 cm³/mol. The van der Waals surface area contributed by atoms with Crippen molar-refractivity contribution in [3.8, 4) is 0 Å². The maximum absolute atomic E-state index is 12.4. The van der Waals surface area contributed by atoms with Crippen LogP contribution >= 0.6 is 11.8 Å². The molecule has 7 nitrogen and oxygen atoms in total. The molecule has 1 aromatic heterocycles. The van der Waals surface area contributed by atoms with Crippen LogP contribution in [0.15, 0.2) is 35.5 Å². The van der Waals surface area contributed by atoms with Crippen molar-refractivity contribution >= 4 is 23.5 Å². The highest BCUT2D eigenvalue weighted by Gasteiger charge is 2.15. The zero-order valence-corrected chi connectivity index (χ0v) is 19.0. The molecule has 1 N–H and O–H groups in total. The number of hydrogen-bond donors (Lipinski definition) is 1. The van der Waals surface area contributed by atoms with Gasteiger partial charge in [-0.1, -0.05) is 23.9 Å². The number of benzene rings is 1. The molecule has 0 unspecified atom stereocenters. The van der Waals surface area contributed by atoms with Crippen LogP contribution in [-0.2, 0) is 10.5 Å². The van der Waals surface area contributed by atoms with Gasteiger partial charge in [0.05, 0.1) is 13.2 Å². The first-order chi connectivity index (χ1) is 15.2. The van der Waals surface area contributed by atoms with Crippen LogP contribution < -0.4 is 10.2 Å². The topological polar surface area (TPSA) is 70.6 Å². The quantitative estimate of drug-likeness (QED) is 0.499. The van der Waals surface area contributed by atoms with Gasteiger partial charge in [-0.25, -0.2) is 9.97 Å². The van der Waals surface area contributed by atoms with Crippen molar-refractivity contribution in [2.45, 2.75) is 30.7 Å². The molecule has 2 aromatic rings. The fraction of sp³-hybridized carbons (Fsp3) is 0.522. The fourth-order valence-electron chi connectivity index (χ4n) is 3.85. The average molecular weight is 442 g/mol. The van der Waals surface area contributed by atoms with E-state index < -0.39 is 0 Å². The van der Waals surface area contributed by atoms with E-state index in [9.17, 15) is 4.79 Å². The van der Waals surface area contributed by atoms with Gasteiger partial charge in [-0.3, -0.25) is 9.69 Å². The van der Waals surface area contributed by atoms with E-state index in [2.05, 4.69) is 26.2 Å².